The first-order chi connectivity index (χ1) is 8.08. The molecule has 0 radical (unpaired) electrons. The van der Waals surface area contributed by atoms with Gasteiger partial charge in [0.25, 0.3) is 0 Å². The van der Waals surface area contributed by atoms with E-state index < -0.39 is 5.97 Å². The Morgan fingerprint density at radius 2 is 2.12 bits per heavy atom. The molecule has 2 N–H and O–H groups in total. The van der Waals surface area contributed by atoms with Crippen molar-refractivity contribution in [1.29, 1.82) is 0 Å². The molecule has 0 spiro atoms. The monoisotopic (exact) mass is 239 g/mol. The molecule has 0 aliphatic rings. The summed E-state index contributed by atoms with van der Waals surface area (Å²) in [4.78, 5) is 21.6. The lowest BCUT2D eigenvalue weighted by Crippen LogP contribution is -2.22. The third-order valence-corrected chi connectivity index (χ3v) is 2.29. The van der Waals surface area contributed by atoms with Crippen LogP contribution in [0.4, 0.5) is 0 Å². The molecule has 0 saturated carbocycles. The van der Waals surface area contributed by atoms with Crippen LogP contribution in [0.1, 0.15) is 31.2 Å². The Bertz CT molecular complexity index is 387. The van der Waals surface area contributed by atoms with Gasteiger partial charge in [-0.1, -0.05) is 0 Å². The molecular weight excluding hydrogens is 222 g/mol. The molecule has 1 aromatic rings. The van der Waals surface area contributed by atoms with Crippen molar-refractivity contribution in [3.05, 3.63) is 18.0 Å². The fraction of sp³-hybridized carbons (Fsp3) is 0.545. The van der Waals surface area contributed by atoms with Gasteiger partial charge in [0.15, 0.2) is 0 Å². The number of aromatic nitrogens is 2. The number of amides is 1. The number of carboxylic acid groups (broad SMARTS) is 1. The van der Waals surface area contributed by atoms with Gasteiger partial charge in [0, 0.05) is 38.2 Å². The number of unbranched alkanes of at least 4 members (excludes halogenated alkanes) is 1. The first-order valence-electron chi connectivity index (χ1n) is 5.54. The summed E-state index contributed by atoms with van der Waals surface area (Å²) in [7, 11) is 1.82. The number of carboxylic acids is 1. The molecule has 0 aliphatic heterocycles. The summed E-state index contributed by atoms with van der Waals surface area (Å²) in [6, 6.07) is 0. The van der Waals surface area contributed by atoms with E-state index in [2.05, 4.69) is 10.4 Å². The Morgan fingerprint density at radius 1 is 1.41 bits per heavy atom. The van der Waals surface area contributed by atoms with Crippen molar-refractivity contribution in [1.82, 2.24) is 15.1 Å². The molecule has 0 atom stereocenters. The lowest BCUT2D eigenvalue weighted by Gasteiger charge is -2.02. The number of carbonyl (C=O) groups excluding carboxylic acids is 1. The average Bonchev–Trinajstić information content (AvgIpc) is 2.67. The van der Waals surface area contributed by atoms with Crippen LogP contribution in [-0.4, -0.2) is 26.8 Å². The molecule has 1 heterocycles. The lowest BCUT2D eigenvalue weighted by atomic mass is 10.2. The Morgan fingerprint density at radius 3 is 2.71 bits per heavy atom. The van der Waals surface area contributed by atoms with Crippen LogP contribution >= 0.6 is 0 Å². The highest BCUT2D eigenvalue weighted by Crippen LogP contribution is 2.00. The summed E-state index contributed by atoms with van der Waals surface area (Å²) in [5.41, 5.74) is 0.950. The highest BCUT2D eigenvalue weighted by atomic mass is 16.4. The van der Waals surface area contributed by atoms with Gasteiger partial charge in [-0.15, -0.1) is 0 Å². The first-order valence-corrected chi connectivity index (χ1v) is 5.54. The Balaban J connectivity index is 2.11. The summed E-state index contributed by atoms with van der Waals surface area (Å²) < 4.78 is 1.67. The smallest absolute Gasteiger partial charge is 0.303 e. The van der Waals surface area contributed by atoms with Crippen LogP contribution in [-0.2, 0) is 23.2 Å². The van der Waals surface area contributed by atoms with Gasteiger partial charge < -0.3 is 10.4 Å². The van der Waals surface area contributed by atoms with Gasteiger partial charge in [-0.05, 0) is 12.8 Å². The topological polar surface area (TPSA) is 84.2 Å². The minimum Gasteiger partial charge on any atom is -0.481 e. The first kappa shape index (κ1) is 13.2. The number of hydrogen-bond donors (Lipinski definition) is 2. The van der Waals surface area contributed by atoms with E-state index in [0.29, 0.717) is 25.8 Å². The quantitative estimate of drug-likeness (QED) is 0.685. The second-order valence-electron chi connectivity index (χ2n) is 3.90. The van der Waals surface area contributed by atoms with Gasteiger partial charge >= 0.3 is 5.97 Å². The molecule has 17 heavy (non-hydrogen) atoms. The third kappa shape index (κ3) is 5.70. The predicted octanol–water partition coefficient (Wildman–Crippen LogP) is 0.681. The summed E-state index contributed by atoms with van der Waals surface area (Å²) >= 11 is 0. The van der Waals surface area contributed by atoms with Crippen LogP contribution in [0, 0.1) is 0 Å². The van der Waals surface area contributed by atoms with Crippen LogP contribution in [0.2, 0.25) is 0 Å². The largest absolute Gasteiger partial charge is 0.481 e. The number of hydrogen-bond acceptors (Lipinski definition) is 3. The van der Waals surface area contributed by atoms with Crippen molar-refractivity contribution in [2.45, 2.75) is 32.2 Å². The van der Waals surface area contributed by atoms with Crippen molar-refractivity contribution < 1.29 is 14.7 Å². The van der Waals surface area contributed by atoms with E-state index in [1.54, 1.807) is 10.9 Å². The number of nitrogens with one attached hydrogen (secondary N) is 1. The van der Waals surface area contributed by atoms with Gasteiger partial charge in [0.1, 0.15) is 0 Å². The molecule has 1 rings (SSSR count). The van der Waals surface area contributed by atoms with Crippen LogP contribution in [0.15, 0.2) is 12.4 Å². The second kappa shape index (κ2) is 6.67. The van der Waals surface area contributed by atoms with Crippen molar-refractivity contribution in [2.75, 3.05) is 0 Å². The van der Waals surface area contributed by atoms with Crippen LogP contribution < -0.4 is 5.32 Å². The lowest BCUT2D eigenvalue weighted by molar-refractivity contribution is -0.137. The third-order valence-electron chi connectivity index (χ3n) is 2.29. The van der Waals surface area contributed by atoms with E-state index >= 15 is 0 Å². The van der Waals surface area contributed by atoms with Crippen molar-refractivity contribution in [3.63, 3.8) is 0 Å². The minimum atomic E-state index is -0.819. The maximum absolute atomic E-state index is 11.4. The average molecular weight is 239 g/mol. The maximum atomic E-state index is 11.4. The van der Waals surface area contributed by atoms with E-state index in [4.69, 9.17) is 5.11 Å². The fourth-order valence-electron chi connectivity index (χ4n) is 1.41. The fourth-order valence-corrected chi connectivity index (χ4v) is 1.41. The number of carbonyl (C=O) groups is 2. The zero-order chi connectivity index (χ0) is 12.7. The van der Waals surface area contributed by atoms with Gasteiger partial charge in [0.2, 0.25) is 5.91 Å². The van der Waals surface area contributed by atoms with Crippen molar-refractivity contribution in [2.24, 2.45) is 7.05 Å². The molecule has 0 unspecified atom stereocenters. The molecule has 0 aromatic carbocycles. The molecule has 6 heteroatoms. The number of aryl methyl sites for hydroxylation is 1. The van der Waals surface area contributed by atoms with Crippen molar-refractivity contribution >= 4 is 11.9 Å². The zero-order valence-electron chi connectivity index (χ0n) is 9.85. The SMILES string of the molecule is Cn1cc(CNC(=O)CCCCC(=O)O)cn1. The van der Waals surface area contributed by atoms with Crippen LogP contribution in [0.25, 0.3) is 0 Å². The Hall–Kier alpha value is -1.85. The maximum Gasteiger partial charge on any atom is 0.303 e. The van der Waals surface area contributed by atoms with Gasteiger partial charge in [-0.3, -0.25) is 14.3 Å². The molecule has 1 amide bonds. The van der Waals surface area contributed by atoms with Gasteiger partial charge in [-0.25, -0.2) is 0 Å². The number of rotatable bonds is 7. The molecule has 0 bridgehead atoms. The van der Waals surface area contributed by atoms with E-state index in [-0.39, 0.29) is 12.3 Å². The van der Waals surface area contributed by atoms with E-state index in [1.165, 1.54) is 0 Å². The van der Waals surface area contributed by atoms with E-state index in [1.807, 2.05) is 13.2 Å². The van der Waals surface area contributed by atoms with Crippen LogP contribution in [0.3, 0.4) is 0 Å². The predicted molar refractivity (Wildman–Crippen MR) is 61.2 cm³/mol. The number of aliphatic carboxylic acids is 1. The van der Waals surface area contributed by atoms with Crippen molar-refractivity contribution in [3.8, 4) is 0 Å². The standard InChI is InChI=1S/C11H17N3O3/c1-14-8-9(7-13-14)6-12-10(15)4-2-3-5-11(16)17/h7-8H,2-6H2,1H3,(H,12,15)(H,16,17). The molecule has 0 fully saturated rings. The van der Waals surface area contributed by atoms with Gasteiger partial charge in [-0.2, -0.15) is 5.10 Å². The summed E-state index contributed by atoms with van der Waals surface area (Å²) in [5, 5.41) is 15.2. The summed E-state index contributed by atoms with van der Waals surface area (Å²) in [5.74, 6) is -0.875. The summed E-state index contributed by atoms with van der Waals surface area (Å²) in [6.45, 7) is 0.464. The number of nitrogens with zero attached hydrogens (tertiary/aromatic N) is 2. The van der Waals surface area contributed by atoms with Crippen LogP contribution in [0.5, 0.6) is 0 Å². The highest BCUT2D eigenvalue weighted by Gasteiger charge is 2.03. The second-order valence-corrected chi connectivity index (χ2v) is 3.90. The van der Waals surface area contributed by atoms with Gasteiger partial charge in [0.05, 0.1) is 6.20 Å². The molecule has 0 saturated heterocycles. The zero-order valence-corrected chi connectivity index (χ0v) is 9.85. The summed E-state index contributed by atoms with van der Waals surface area (Å²) in [6.07, 6.45) is 5.17. The minimum absolute atomic E-state index is 0.0563. The molecule has 1 aromatic heterocycles. The Labute approximate surface area is 99.6 Å². The molecule has 6 nitrogen and oxygen atoms in total. The molecule has 0 aliphatic carbocycles. The Kier molecular flexibility index (Phi) is 5.19. The normalized spacial score (nSPS) is 10.2. The molecular formula is C11H17N3O3. The van der Waals surface area contributed by atoms with E-state index in [0.717, 1.165) is 5.56 Å². The van der Waals surface area contributed by atoms with E-state index in [9.17, 15) is 9.59 Å². The highest BCUT2D eigenvalue weighted by molar-refractivity contribution is 5.75. The molecule has 94 valence electrons.